The second kappa shape index (κ2) is 6.43. The van der Waals surface area contributed by atoms with Crippen LogP contribution in [-0.4, -0.2) is 24.6 Å². The molecule has 4 rings (SSSR count). The first-order valence-electron chi connectivity index (χ1n) is 10.9. The summed E-state index contributed by atoms with van der Waals surface area (Å²) in [4.78, 5) is 18.0. The minimum Gasteiger partial charge on any atom is -0.394 e. The third kappa shape index (κ3) is 2.66. The molecule has 0 bridgehead atoms. The van der Waals surface area contributed by atoms with Crippen LogP contribution in [0.2, 0.25) is 0 Å². The average Bonchev–Trinajstić information content (AvgIpc) is 2.92. The Kier molecular flexibility index (Phi) is 4.57. The van der Waals surface area contributed by atoms with Gasteiger partial charge in [0, 0.05) is 23.8 Å². The van der Waals surface area contributed by atoms with Crippen LogP contribution in [0.5, 0.6) is 0 Å². The van der Waals surface area contributed by atoms with E-state index in [1.807, 2.05) is 0 Å². The van der Waals surface area contributed by atoms with Gasteiger partial charge in [-0.05, 0) is 61.7 Å². The molecule has 0 unspecified atom stereocenters. The van der Waals surface area contributed by atoms with Crippen molar-refractivity contribution < 1.29 is 9.63 Å². The van der Waals surface area contributed by atoms with Gasteiger partial charge in [0.25, 0.3) is 0 Å². The van der Waals surface area contributed by atoms with Crippen molar-refractivity contribution in [1.29, 1.82) is 0 Å². The molecule has 2 N–H and O–H groups in total. The summed E-state index contributed by atoms with van der Waals surface area (Å²) in [5.41, 5.74) is 8.39. The van der Waals surface area contributed by atoms with Crippen molar-refractivity contribution in [2.24, 2.45) is 44.9 Å². The van der Waals surface area contributed by atoms with Crippen LogP contribution >= 0.6 is 0 Å². The Hall–Kier alpha value is -1.16. The van der Waals surface area contributed by atoms with E-state index in [-0.39, 0.29) is 16.2 Å². The number of rotatable bonds is 3. The molecular weight excluding hydrogens is 336 g/mol. The number of Topliss-reactive ketones (excluding diaryl/α,β-unsaturated/α-hetero) is 1. The molecule has 0 radical (unpaired) electrons. The molecule has 4 heteroatoms. The van der Waals surface area contributed by atoms with Gasteiger partial charge in [-0.15, -0.1) is 0 Å². The van der Waals surface area contributed by atoms with E-state index in [9.17, 15) is 4.79 Å². The Labute approximate surface area is 164 Å². The first-order chi connectivity index (χ1) is 12.7. The summed E-state index contributed by atoms with van der Waals surface area (Å²) < 4.78 is 0. The van der Waals surface area contributed by atoms with Crippen LogP contribution in [0.3, 0.4) is 0 Å². The van der Waals surface area contributed by atoms with E-state index in [0.29, 0.717) is 36.7 Å². The van der Waals surface area contributed by atoms with Crippen molar-refractivity contribution in [3.63, 3.8) is 0 Å². The molecule has 0 aromatic heterocycles. The highest BCUT2D eigenvalue weighted by Crippen LogP contribution is 2.65. The quantitative estimate of drug-likeness (QED) is 0.451. The number of nitrogens with zero attached hydrogens (tertiary/aromatic N) is 1. The van der Waals surface area contributed by atoms with Gasteiger partial charge in [-0.1, -0.05) is 44.5 Å². The van der Waals surface area contributed by atoms with Gasteiger partial charge in [0.1, 0.15) is 12.4 Å². The third-order valence-corrected chi connectivity index (χ3v) is 8.83. The van der Waals surface area contributed by atoms with Gasteiger partial charge < -0.3 is 10.6 Å². The summed E-state index contributed by atoms with van der Waals surface area (Å²) in [6.45, 7) is 10.4. The molecule has 0 aromatic rings. The summed E-state index contributed by atoms with van der Waals surface area (Å²) in [6, 6.07) is 0. The second-order valence-electron chi connectivity index (χ2n) is 10.4. The standard InChI is InChI=1S/C23H36N2O2/c1-21(2)18-7-5-15-16-6-8-20(26)23(16,4)11-9-17(15)22(18,3)12-10-19(21)25-27-14-13-24/h7,15-17H,5-6,8-14,24H2,1-4H3/b25-19+/t15-,16-,17-,22+,23-/m0/s1. The van der Waals surface area contributed by atoms with E-state index in [4.69, 9.17) is 10.6 Å². The van der Waals surface area contributed by atoms with Crippen LogP contribution in [0.1, 0.15) is 72.6 Å². The van der Waals surface area contributed by atoms with Crippen molar-refractivity contribution >= 4 is 11.5 Å². The number of hydrogen-bond acceptors (Lipinski definition) is 4. The van der Waals surface area contributed by atoms with Crippen LogP contribution in [-0.2, 0) is 9.63 Å². The van der Waals surface area contributed by atoms with E-state index < -0.39 is 0 Å². The summed E-state index contributed by atoms with van der Waals surface area (Å²) in [5, 5.41) is 4.48. The molecule has 0 spiro atoms. The van der Waals surface area contributed by atoms with E-state index in [0.717, 1.165) is 44.2 Å². The maximum atomic E-state index is 12.6. The number of nitrogens with two attached hydrogens (primary N) is 1. The lowest BCUT2D eigenvalue weighted by atomic mass is 9.45. The summed E-state index contributed by atoms with van der Waals surface area (Å²) in [5.74, 6) is 2.49. The zero-order valence-corrected chi connectivity index (χ0v) is 17.5. The van der Waals surface area contributed by atoms with E-state index >= 15 is 0 Å². The van der Waals surface area contributed by atoms with Crippen LogP contribution in [0.4, 0.5) is 0 Å². The van der Waals surface area contributed by atoms with E-state index in [2.05, 4.69) is 38.9 Å². The molecule has 0 aliphatic heterocycles. The molecule has 4 aliphatic rings. The van der Waals surface area contributed by atoms with Crippen LogP contribution < -0.4 is 5.73 Å². The first-order valence-corrected chi connectivity index (χ1v) is 10.9. The monoisotopic (exact) mass is 372 g/mol. The fourth-order valence-corrected chi connectivity index (χ4v) is 7.34. The maximum absolute atomic E-state index is 12.6. The second-order valence-corrected chi connectivity index (χ2v) is 10.4. The fraction of sp³-hybridized carbons (Fsp3) is 0.826. The molecular formula is C23H36N2O2. The lowest BCUT2D eigenvalue weighted by Gasteiger charge is -2.59. The third-order valence-electron chi connectivity index (χ3n) is 8.83. The topological polar surface area (TPSA) is 64.7 Å². The molecule has 0 heterocycles. The highest BCUT2D eigenvalue weighted by atomic mass is 16.6. The predicted octanol–water partition coefficient (Wildman–Crippen LogP) is 4.49. The van der Waals surface area contributed by atoms with Crippen molar-refractivity contribution in [3.8, 4) is 0 Å². The Morgan fingerprint density at radius 1 is 1.11 bits per heavy atom. The molecule has 5 atom stereocenters. The van der Waals surface area contributed by atoms with Gasteiger partial charge >= 0.3 is 0 Å². The number of allylic oxidation sites excluding steroid dienone is 2. The molecule has 0 aromatic carbocycles. The Bertz CT molecular complexity index is 694. The number of oxime groups is 1. The molecule has 0 amide bonds. The Morgan fingerprint density at radius 2 is 1.85 bits per heavy atom. The largest absolute Gasteiger partial charge is 0.394 e. The summed E-state index contributed by atoms with van der Waals surface area (Å²) in [7, 11) is 0. The van der Waals surface area contributed by atoms with Crippen molar-refractivity contribution in [2.75, 3.05) is 13.2 Å². The van der Waals surface area contributed by atoms with Crippen LogP contribution in [0.15, 0.2) is 16.8 Å². The number of ketones is 1. The summed E-state index contributed by atoms with van der Waals surface area (Å²) >= 11 is 0. The van der Waals surface area contributed by atoms with Gasteiger partial charge in [0.05, 0.1) is 5.71 Å². The number of hydrogen-bond donors (Lipinski definition) is 1. The highest BCUT2D eigenvalue weighted by molar-refractivity contribution is 5.93. The molecule has 150 valence electrons. The smallest absolute Gasteiger partial charge is 0.139 e. The van der Waals surface area contributed by atoms with Gasteiger partial charge in [0.2, 0.25) is 0 Å². The predicted molar refractivity (Wildman–Crippen MR) is 108 cm³/mol. The number of carbonyl (C=O) groups is 1. The van der Waals surface area contributed by atoms with E-state index in [1.165, 1.54) is 6.42 Å². The molecule has 4 nitrogen and oxygen atoms in total. The summed E-state index contributed by atoms with van der Waals surface area (Å²) in [6.07, 6.45) is 9.99. The minimum atomic E-state index is -0.0567. The molecule has 4 aliphatic carbocycles. The maximum Gasteiger partial charge on any atom is 0.139 e. The molecule has 0 saturated heterocycles. The first kappa shape index (κ1) is 19.2. The SMILES string of the molecule is CC1(C)C2=CC[C@@H]3[C@H](CC[C@]4(C)C(=O)CC[C@@H]34)[C@@]2(C)CC/C1=N\OCCN. The highest BCUT2D eigenvalue weighted by Gasteiger charge is 2.60. The Balaban J connectivity index is 1.66. The Morgan fingerprint density at radius 3 is 2.59 bits per heavy atom. The number of fused-ring (bicyclic) bond motifs is 5. The van der Waals surface area contributed by atoms with Crippen molar-refractivity contribution in [3.05, 3.63) is 11.6 Å². The lowest BCUT2D eigenvalue weighted by Crippen LogP contribution is -2.53. The molecule has 27 heavy (non-hydrogen) atoms. The zero-order chi connectivity index (χ0) is 19.4. The van der Waals surface area contributed by atoms with Gasteiger partial charge in [-0.2, -0.15) is 0 Å². The average molecular weight is 373 g/mol. The molecule has 3 saturated carbocycles. The van der Waals surface area contributed by atoms with Gasteiger partial charge in [-0.25, -0.2) is 0 Å². The van der Waals surface area contributed by atoms with Gasteiger partial charge in [0.15, 0.2) is 0 Å². The normalized spacial score (nSPS) is 44.3. The van der Waals surface area contributed by atoms with Crippen LogP contribution in [0.25, 0.3) is 0 Å². The molecule has 3 fully saturated rings. The van der Waals surface area contributed by atoms with Crippen LogP contribution in [0, 0.1) is 34.0 Å². The van der Waals surface area contributed by atoms with Gasteiger partial charge in [-0.3, -0.25) is 4.79 Å². The zero-order valence-electron chi connectivity index (χ0n) is 17.5. The minimum absolute atomic E-state index is 0.0459. The fourth-order valence-electron chi connectivity index (χ4n) is 7.34. The van der Waals surface area contributed by atoms with Crippen molar-refractivity contribution in [2.45, 2.75) is 72.6 Å². The van der Waals surface area contributed by atoms with Crippen molar-refractivity contribution in [1.82, 2.24) is 0 Å². The number of carbonyl (C=O) groups excluding carboxylic acids is 1. The lowest BCUT2D eigenvalue weighted by molar-refractivity contribution is -0.131. The van der Waals surface area contributed by atoms with E-state index in [1.54, 1.807) is 5.57 Å².